The van der Waals surface area contributed by atoms with Gasteiger partial charge in [-0.15, -0.1) is 0 Å². The number of urea groups is 1. The Bertz CT molecular complexity index is 216. The SMILES string of the molecule is CCCNC(=O)N1CCC(N(CC)CC)C1. The van der Waals surface area contributed by atoms with Crippen LogP contribution < -0.4 is 5.32 Å². The molecular formula is C12H25N3O. The van der Waals surface area contributed by atoms with E-state index in [-0.39, 0.29) is 6.03 Å². The molecule has 4 heteroatoms. The molecule has 0 aromatic rings. The van der Waals surface area contributed by atoms with Gasteiger partial charge in [0.25, 0.3) is 0 Å². The highest BCUT2D eigenvalue weighted by Crippen LogP contribution is 2.15. The number of nitrogens with one attached hydrogen (secondary N) is 1. The van der Waals surface area contributed by atoms with E-state index in [1.165, 1.54) is 0 Å². The third-order valence-electron chi connectivity index (χ3n) is 3.31. The first-order valence-corrected chi connectivity index (χ1v) is 6.49. The average molecular weight is 227 g/mol. The number of likely N-dealkylation sites (N-methyl/N-ethyl adjacent to an activating group) is 1. The van der Waals surface area contributed by atoms with Crippen LogP contribution in [0.15, 0.2) is 0 Å². The fourth-order valence-corrected chi connectivity index (χ4v) is 2.31. The van der Waals surface area contributed by atoms with Gasteiger partial charge in [0.1, 0.15) is 0 Å². The van der Waals surface area contributed by atoms with E-state index in [2.05, 4.69) is 31.0 Å². The van der Waals surface area contributed by atoms with Gasteiger partial charge in [-0.3, -0.25) is 4.90 Å². The summed E-state index contributed by atoms with van der Waals surface area (Å²) in [6.07, 6.45) is 2.11. The lowest BCUT2D eigenvalue weighted by atomic mass is 10.2. The Kier molecular flexibility index (Phi) is 5.60. The van der Waals surface area contributed by atoms with Gasteiger partial charge in [0.2, 0.25) is 0 Å². The molecule has 94 valence electrons. The summed E-state index contributed by atoms with van der Waals surface area (Å²) < 4.78 is 0. The fraction of sp³-hybridized carbons (Fsp3) is 0.917. The monoisotopic (exact) mass is 227 g/mol. The quantitative estimate of drug-likeness (QED) is 0.773. The molecule has 4 nitrogen and oxygen atoms in total. The van der Waals surface area contributed by atoms with Crippen molar-refractivity contribution >= 4 is 6.03 Å². The van der Waals surface area contributed by atoms with Gasteiger partial charge in [-0.1, -0.05) is 20.8 Å². The standard InChI is InChI=1S/C12H25N3O/c1-4-8-13-12(16)15-9-7-11(10-15)14(5-2)6-3/h11H,4-10H2,1-3H3,(H,13,16). The van der Waals surface area contributed by atoms with E-state index in [4.69, 9.17) is 0 Å². The van der Waals surface area contributed by atoms with Crippen LogP contribution in [0.1, 0.15) is 33.6 Å². The molecule has 1 aliphatic rings. The van der Waals surface area contributed by atoms with Crippen LogP contribution in [-0.4, -0.2) is 54.6 Å². The Morgan fingerprint density at radius 2 is 2.06 bits per heavy atom. The highest BCUT2D eigenvalue weighted by molar-refractivity contribution is 5.74. The smallest absolute Gasteiger partial charge is 0.317 e. The molecule has 1 unspecified atom stereocenters. The van der Waals surface area contributed by atoms with Gasteiger partial charge in [0, 0.05) is 25.7 Å². The fourth-order valence-electron chi connectivity index (χ4n) is 2.31. The molecule has 16 heavy (non-hydrogen) atoms. The lowest BCUT2D eigenvalue weighted by molar-refractivity contribution is 0.193. The Morgan fingerprint density at radius 1 is 1.38 bits per heavy atom. The van der Waals surface area contributed by atoms with E-state index >= 15 is 0 Å². The van der Waals surface area contributed by atoms with E-state index in [0.717, 1.165) is 45.6 Å². The van der Waals surface area contributed by atoms with Crippen LogP contribution in [0, 0.1) is 0 Å². The summed E-state index contributed by atoms with van der Waals surface area (Å²) in [6.45, 7) is 11.2. The van der Waals surface area contributed by atoms with Crippen molar-refractivity contribution in [3.8, 4) is 0 Å². The second-order valence-corrected chi connectivity index (χ2v) is 4.34. The van der Waals surface area contributed by atoms with Crippen molar-refractivity contribution in [3.63, 3.8) is 0 Å². The summed E-state index contributed by atoms with van der Waals surface area (Å²) in [5.41, 5.74) is 0. The van der Waals surface area contributed by atoms with Crippen molar-refractivity contribution in [3.05, 3.63) is 0 Å². The number of nitrogens with zero attached hydrogens (tertiary/aromatic N) is 2. The second kappa shape index (κ2) is 6.74. The summed E-state index contributed by atoms with van der Waals surface area (Å²) in [4.78, 5) is 16.1. The molecule has 1 rings (SSSR count). The highest BCUT2D eigenvalue weighted by atomic mass is 16.2. The van der Waals surface area contributed by atoms with Crippen molar-refractivity contribution in [2.24, 2.45) is 0 Å². The lowest BCUT2D eigenvalue weighted by Gasteiger charge is -2.26. The van der Waals surface area contributed by atoms with Gasteiger partial charge in [0.05, 0.1) is 0 Å². The van der Waals surface area contributed by atoms with Crippen LogP contribution in [0.4, 0.5) is 4.79 Å². The second-order valence-electron chi connectivity index (χ2n) is 4.34. The number of likely N-dealkylation sites (tertiary alicyclic amines) is 1. The number of rotatable bonds is 5. The number of hydrogen-bond donors (Lipinski definition) is 1. The average Bonchev–Trinajstić information content (AvgIpc) is 2.77. The van der Waals surface area contributed by atoms with Crippen LogP contribution in [-0.2, 0) is 0 Å². The molecule has 1 atom stereocenters. The molecule has 0 spiro atoms. The van der Waals surface area contributed by atoms with Gasteiger partial charge in [0.15, 0.2) is 0 Å². The van der Waals surface area contributed by atoms with Crippen LogP contribution in [0.3, 0.4) is 0 Å². The zero-order valence-electron chi connectivity index (χ0n) is 10.8. The van der Waals surface area contributed by atoms with Crippen LogP contribution in [0.5, 0.6) is 0 Å². The Balaban J connectivity index is 2.36. The van der Waals surface area contributed by atoms with Gasteiger partial charge < -0.3 is 10.2 Å². The zero-order valence-corrected chi connectivity index (χ0v) is 10.8. The lowest BCUT2D eigenvalue weighted by Crippen LogP contribution is -2.42. The maximum absolute atomic E-state index is 11.7. The van der Waals surface area contributed by atoms with Crippen LogP contribution in [0.2, 0.25) is 0 Å². The van der Waals surface area contributed by atoms with E-state index in [1.807, 2.05) is 4.90 Å². The molecule has 0 bridgehead atoms. The van der Waals surface area contributed by atoms with E-state index < -0.39 is 0 Å². The van der Waals surface area contributed by atoms with E-state index in [9.17, 15) is 4.79 Å². The van der Waals surface area contributed by atoms with Gasteiger partial charge in [-0.05, 0) is 25.9 Å². The predicted molar refractivity (Wildman–Crippen MR) is 66.6 cm³/mol. The molecule has 1 aliphatic heterocycles. The highest BCUT2D eigenvalue weighted by Gasteiger charge is 2.28. The minimum absolute atomic E-state index is 0.108. The zero-order chi connectivity index (χ0) is 12.0. The van der Waals surface area contributed by atoms with E-state index in [0.29, 0.717) is 6.04 Å². The van der Waals surface area contributed by atoms with Crippen molar-refractivity contribution in [2.75, 3.05) is 32.7 Å². The molecule has 0 aromatic heterocycles. The van der Waals surface area contributed by atoms with Crippen LogP contribution in [0.25, 0.3) is 0 Å². The van der Waals surface area contributed by atoms with Crippen molar-refractivity contribution in [1.29, 1.82) is 0 Å². The molecule has 1 fully saturated rings. The molecule has 1 N–H and O–H groups in total. The molecular weight excluding hydrogens is 202 g/mol. The number of carbonyl (C=O) groups excluding carboxylic acids is 1. The van der Waals surface area contributed by atoms with Crippen LogP contribution >= 0.6 is 0 Å². The first-order valence-electron chi connectivity index (χ1n) is 6.49. The van der Waals surface area contributed by atoms with Gasteiger partial charge >= 0.3 is 6.03 Å². The Hall–Kier alpha value is -0.770. The molecule has 1 heterocycles. The molecule has 2 amide bonds. The molecule has 1 saturated heterocycles. The van der Waals surface area contributed by atoms with Crippen molar-refractivity contribution < 1.29 is 4.79 Å². The van der Waals surface area contributed by atoms with Gasteiger partial charge in [-0.25, -0.2) is 4.79 Å². The Labute approximate surface area is 99.0 Å². The molecule has 0 saturated carbocycles. The topological polar surface area (TPSA) is 35.6 Å². The molecule has 0 radical (unpaired) electrons. The van der Waals surface area contributed by atoms with E-state index in [1.54, 1.807) is 0 Å². The van der Waals surface area contributed by atoms with Gasteiger partial charge in [-0.2, -0.15) is 0 Å². The number of amides is 2. The molecule has 0 aromatic carbocycles. The predicted octanol–water partition coefficient (Wildman–Crippen LogP) is 1.52. The molecule has 0 aliphatic carbocycles. The summed E-state index contributed by atoms with van der Waals surface area (Å²) in [6, 6.07) is 0.666. The number of carbonyl (C=O) groups is 1. The Morgan fingerprint density at radius 3 is 2.62 bits per heavy atom. The van der Waals surface area contributed by atoms with Crippen molar-refractivity contribution in [1.82, 2.24) is 15.1 Å². The first-order chi connectivity index (χ1) is 7.72. The summed E-state index contributed by atoms with van der Waals surface area (Å²) in [5.74, 6) is 0. The largest absolute Gasteiger partial charge is 0.338 e. The third kappa shape index (κ3) is 3.37. The summed E-state index contributed by atoms with van der Waals surface area (Å²) in [5, 5.41) is 2.94. The maximum Gasteiger partial charge on any atom is 0.317 e. The van der Waals surface area contributed by atoms with Crippen molar-refractivity contribution in [2.45, 2.75) is 39.7 Å². The summed E-state index contributed by atoms with van der Waals surface area (Å²) >= 11 is 0. The third-order valence-corrected chi connectivity index (χ3v) is 3.31. The maximum atomic E-state index is 11.7. The first kappa shape index (κ1) is 13.3. The normalized spacial score (nSPS) is 20.5. The minimum Gasteiger partial charge on any atom is -0.338 e. The minimum atomic E-state index is 0.108. The summed E-state index contributed by atoms with van der Waals surface area (Å²) in [7, 11) is 0. The number of hydrogen-bond acceptors (Lipinski definition) is 2.